The molecule has 0 radical (unpaired) electrons. The van der Waals surface area contributed by atoms with Crippen LogP contribution in [0.25, 0.3) is 0 Å². The Morgan fingerprint density at radius 1 is 1.13 bits per heavy atom. The highest BCUT2D eigenvalue weighted by atomic mass is 79.9. The first-order chi connectivity index (χ1) is 7.18. The third-order valence-corrected chi connectivity index (χ3v) is 4.02. The average molecular weight is 281 g/mol. The molecule has 92 valence electrons. The molecule has 0 saturated heterocycles. The highest BCUT2D eigenvalue weighted by Gasteiger charge is 2.21. The summed E-state index contributed by atoms with van der Waals surface area (Å²) in [7, 11) is 1.73. The van der Waals surface area contributed by atoms with Gasteiger partial charge in [0, 0.05) is 32.3 Å². The second-order valence-corrected chi connectivity index (χ2v) is 4.96. The second kappa shape index (κ2) is 9.61. The SMILES string of the molecule is CCCC(C)(CBr)CCOCCCOC. The number of rotatable bonds is 10. The Labute approximate surface area is 103 Å². The summed E-state index contributed by atoms with van der Waals surface area (Å²) in [6.07, 6.45) is 4.64. The van der Waals surface area contributed by atoms with Crippen molar-refractivity contribution in [1.29, 1.82) is 0 Å². The van der Waals surface area contributed by atoms with Gasteiger partial charge in [0.2, 0.25) is 0 Å². The minimum Gasteiger partial charge on any atom is -0.385 e. The minimum atomic E-state index is 0.399. The first-order valence-electron chi connectivity index (χ1n) is 5.81. The maximum atomic E-state index is 5.58. The molecule has 0 rings (SSSR count). The van der Waals surface area contributed by atoms with E-state index in [2.05, 4.69) is 29.8 Å². The maximum Gasteiger partial charge on any atom is 0.0487 e. The van der Waals surface area contributed by atoms with Crippen molar-refractivity contribution in [1.82, 2.24) is 0 Å². The summed E-state index contributed by atoms with van der Waals surface area (Å²) >= 11 is 3.59. The van der Waals surface area contributed by atoms with Crippen LogP contribution in [0.2, 0.25) is 0 Å². The molecule has 0 aromatic heterocycles. The molecule has 2 nitrogen and oxygen atoms in total. The molecule has 0 aromatic carbocycles. The van der Waals surface area contributed by atoms with Crippen LogP contribution in [0.15, 0.2) is 0 Å². The van der Waals surface area contributed by atoms with Gasteiger partial charge >= 0.3 is 0 Å². The van der Waals surface area contributed by atoms with Crippen LogP contribution < -0.4 is 0 Å². The predicted molar refractivity (Wildman–Crippen MR) is 68.7 cm³/mol. The lowest BCUT2D eigenvalue weighted by Crippen LogP contribution is -2.20. The molecule has 1 unspecified atom stereocenters. The van der Waals surface area contributed by atoms with Crippen molar-refractivity contribution in [2.24, 2.45) is 5.41 Å². The van der Waals surface area contributed by atoms with Crippen LogP contribution in [0.4, 0.5) is 0 Å². The molecule has 0 fully saturated rings. The van der Waals surface area contributed by atoms with Crippen LogP contribution in [0, 0.1) is 5.41 Å². The summed E-state index contributed by atoms with van der Waals surface area (Å²) in [5.74, 6) is 0. The van der Waals surface area contributed by atoms with Crippen LogP contribution in [0.3, 0.4) is 0 Å². The van der Waals surface area contributed by atoms with E-state index in [0.717, 1.165) is 38.0 Å². The number of ether oxygens (including phenoxy) is 2. The molecule has 0 amide bonds. The summed E-state index contributed by atoms with van der Waals surface area (Å²) in [5, 5.41) is 1.06. The van der Waals surface area contributed by atoms with Crippen molar-refractivity contribution in [3.8, 4) is 0 Å². The van der Waals surface area contributed by atoms with Crippen LogP contribution in [0.1, 0.15) is 39.5 Å². The number of hydrogen-bond donors (Lipinski definition) is 0. The fourth-order valence-corrected chi connectivity index (χ4v) is 2.15. The average Bonchev–Trinajstić information content (AvgIpc) is 2.24. The molecule has 1 atom stereocenters. The third-order valence-electron chi connectivity index (χ3n) is 2.66. The van der Waals surface area contributed by atoms with E-state index >= 15 is 0 Å². The van der Waals surface area contributed by atoms with Gasteiger partial charge in [-0.1, -0.05) is 36.2 Å². The van der Waals surface area contributed by atoms with Gasteiger partial charge in [-0.3, -0.25) is 0 Å². The van der Waals surface area contributed by atoms with Gasteiger partial charge in [-0.2, -0.15) is 0 Å². The van der Waals surface area contributed by atoms with Crippen molar-refractivity contribution in [3.63, 3.8) is 0 Å². The van der Waals surface area contributed by atoms with Crippen molar-refractivity contribution in [2.45, 2.75) is 39.5 Å². The molecule has 0 aliphatic heterocycles. The lowest BCUT2D eigenvalue weighted by atomic mass is 9.85. The highest BCUT2D eigenvalue weighted by molar-refractivity contribution is 9.09. The number of hydrogen-bond acceptors (Lipinski definition) is 2. The number of methoxy groups -OCH3 is 1. The van der Waals surface area contributed by atoms with Crippen LogP contribution in [0.5, 0.6) is 0 Å². The summed E-state index contributed by atoms with van der Waals surface area (Å²) < 4.78 is 10.5. The molecule has 0 N–H and O–H groups in total. The van der Waals surface area contributed by atoms with Gasteiger partial charge in [0.15, 0.2) is 0 Å². The molecule has 0 aliphatic carbocycles. The van der Waals surface area contributed by atoms with Gasteiger partial charge < -0.3 is 9.47 Å². The third kappa shape index (κ3) is 8.23. The Bertz CT molecular complexity index is 142. The van der Waals surface area contributed by atoms with Gasteiger partial charge in [-0.15, -0.1) is 0 Å². The fourth-order valence-electron chi connectivity index (χ4n) is 1.59. The van der Waals surface area contributed by atoms with Crippen molar-refractivity contribution in [2.75, 3.05) is 32.3 Å². The normalized spacial score (nSPS) is 15.2. The Morgan fingerprint density at radius 2 is 1.87 bits per heavy atom. The Hall–Kier alpha value is 0.400. The maximum absolute atomic E-state index is 5.58. The lowest BCUT2D eigenvalue weighted by Gasteiger charge is -2.26. The highest BCUT2D eigenvalue weighted by Crippen LogP contribution is 2.29. The van der Waals surface area contributed by atoms with Crippen molar-refractivity contribution >= 4 is 15.9 Å². The van der Waals surface area contributed by atoms with E-state index in [4.69, 9.17) is 9.47 Å². The van der Waals surface area contributed by atoms with E-state index in [0.29, 0.717) is 5.41 Å². The van der Waals surface area contributed by atoms with E-state index in [1.807, 2.05) is 0 Å². The molecule has 0 aromatic rings. The Balaban J connectivity index is 3.46. The topological polar surface area (TPSA) is 18.5 Å². The molecule has 15 heavy (non-hydrogen) atoms. The zero-order valence-corrected chi connectivity index (χ0v) is 11.9. The number of halogens is 1. The zero-order chi connectivity index (χ0) is 11.6. The second-order valence-electron chi connectivity index (χ2n) is 4.40. The monoisotopic (exact) mass is 280 g/mol. The Kier molecular flexibility index (Phi) is 9.87. The van der Waals surface area contributed by atoms with Gasteiger partial charge in [-0.25, -0.2) is 0 Å². The first kappa shape index (κ1) is 15.4. The van der Waals surface area contributed by atoms with E-state index in [-0.39, 0.29) is 0 Å². The first-order valence-corrected chi connectivity index (χ1v) is 6.93. The molecule has 0 bridgehead atoms. The van der Waals surface area contributed by atoms with Crippen LogP contribution >= 0.6 is 15.9 Å². The van der Waals surface area contributed by atoms with Crippen molar-refractivity contribution in [3.05, 3.63) is 0 Å². The standard InChI is InChI=1S/C12H25BrO2/c1-4-6-12(2,11-13)7-10-15-9-5-8-14-3/h4-11H2,1-3H3. The fraction of sp³-hybridized carbons (Fsp3) is 1.00. The van der Waals surface area contributed by atoms with E-state index in [1.54, 1.807) is 7.11 Å². The predicted octanol–water partition coefficient (Wildman–Crippen LogP) is 3.63. The molecule has 3 heteroatoms. The molecule has 0 saturated carbocycles. The van der Waals surface area contributed by atoms with E-state index in [1.165, 1.54) is 12.8 Å². The summed E-state index contributed by atoms with van der Waals surface area (Å²) in [4.78, 5) is 0. The lowest BCUT2D eigenvalue weighted by molar-refractivity contribution is 0.0823. The molecular formula is C12H25BrO2. The van der Waals surface area contributed by atoms with Crippen molar-refractivity contribution < 1.29 is 9.47 Å². The quantitative estimate of drug-likeness (QED) is 0.449. The van der Waals surface area contributed by atoms with E-state index < -0.39 is 0 Å². The van der Waals surface area contributed by atoms with Gasteiger partial charge in [0.1, 0.15) is 0 Å². The smallest absolute Gasteiger partial charge is 0.0487 e. The summed E-state index contributed by atoms with van der Waals surface area (Å²) in [6, 6.07) is 0. The minimum absolute atomic E-state index is 0.399. The van der Waals surface area contributed by atoms with Crippen LogP contribution in [-0.4, -0.2) is 32.3 Å². The largest absolute Gasteiger partial charge is 0.385 e. The van der Waals surface area contributed by atoms with Crippen LogP contribution in [-0.2, 0) is 9.47 Å². The molecule has 0 heterocycles. The molecular weight excluding hydrogens is 256 g/mol. The van der Waals surface area contributed by atoms with Gasteiger partial charge in [-0.05, 0) is 24.7 Å². The number of alkyl halides is 1. The molecule has 0 aliphatic rings. The van der Waals surface area contributed by atoms with Gasteiger partial charge in [0.25, 0.3) is 0 Å². The summed E-state index contributed by atoms with van der Waals surface area (Å²) in [5.41, 5.74) is 0.399. The molecule has 0 spiro atoms. The van der Waals surface area contributed by atoms with Gasteiger partial charge in [0.05, 0.1) is 0 Å². The zero-order valence-electron chi connectivity index (χ0n) is 10.4. The summed E-state index contributed by atoms with van der Waals surface area (Å²) in [6.45, 7) is 7.04. The Morgan fingerprint density at radius 3 is 2.40 bits per heavy atom. The van der Waals surface area contributed by atoms with E-state index in [9.17, 15) is 0 Å².